The van der Waals surface area contributed by atoms with Gasteiger partial charge in [-0.1, -0.05) is 40.5 Å². The topological polar surface area (TPSA) is 9.23 Å². The molecule has 0 bridgehead atoms. The fraction of sp³-hybridized carbons (Fsp3) is 0.625. The molecule has 0 amide bonds. The first kappa shape index (κ1) is 12.5. The van der Waals surface area contributed by atoms with Crippen molar-refractivity contribution in [2.75, 3.05) is 0 Å². The second-order valence-electron chi connectivity index (χ2n) is 6.41. The molecule has 1 saturated carbocycles. The van der Waals surface area contributed by atoms with Crippen molar-refractivity contribution in [2.24, 2.45) is 5.41 Å². The third-order valence-corrected chi connectivity index (χ3v) is 5.23. The van der Waals surface area contributed by atoms with Crippen LogP contribution in [0.5, 0.6) is 5.75 Å². The Morgan fingerprint density at radius 3 is 3.00 bits per heavy atom. The minimum absolute atomic E-state index is 0.393. The van der Waals surface area contributed by atoms with E-state index in [4.69, 9.17) is 4.74 Å². The van der Waals surface area contributed by atoms with E-state index in [1.165, 1.54) is 36.8 Å². The van der Waals surface area contributed by atoms with E-state index in [1.54, 1.807) is 0 Å². The van der Waals surface area contributed by atoms with Crippen LogP contribution in [-0.2, 0) is 6.42 Å². The van der Waals surface area contributed by atoms with Crippen LogP contribution in [0, 0.1) is 12.3 Å². The van der Waals surface area contributed by atoms with Gasteiger partial charge in [-0.15, -0.1) is 0 Å². The van der Waals surface area contributed by atoms with Crippen LogP contribution < -0.4 is 4.74 Å². The minimum Gasteiger partial charge on any atom is -0.490 e. The summed E-state index contributed by atoms with van der Waals surface area (Å²) in [7, 11) is 0. The lowest BCUT2D eigenvalue weighted by Gasteiger charge is -2.26. The monoisotopic (exact) mass is 308 g/mol. The van der Waals surface area contributed by atoms with E-state index in [2.05, 4.69) is 48.0 Å². The highest BCUT2D eigenvalue weighted by atomic mass is 79.9. The van der Waals surface area contributed by atoms with Crippen molar-refractivity contribution < 1.29 is 4.74 Å². The highest BCUT2D eigenvalue weighted by Crippen LogP contribution is 2.46. The number of rotatable bonds is 2. The SMILES string of the molecule is Cc1ccc2c(c1)CC(CC1(C)CCC(Br)C1)O2. The molecule has 0 spiro atoms. The third kappa shape index (κ3) is 2.45. The predicted molar refractivity (Wildman–Crippen MR) is 78.6 cm³/mol. The number of aryl methyl sites for hydroxylation is 1. The summed E-state index contributed by atoms with van der Waals surface area (Å²) in [5.74, 6) is 1.11. The van der Waals surface area contributed by atoms with E-state index in [9.17, 15) is 0 Å². The Morgan fingerprint density at radius 2 is 2.28 bits per heavy atom. The molecule has 3 atom stereocenters. The number of hydrogen-bond donors (Lipinski definition) is 0. The number of ether oxygens (including phenoxy) is 1. The molecule has 0 radical (unpaired) electrons. The highest BCUT2D eigenvalue weighted by Gasteiger charge is 2.38. The summed E-state index contributed by atoms with van der Waals surface area (Å²) >= 11 is 3.76. The van der Waals surface area contributed by atoms with Crippen LogP contribution in [0.2, 0.25) is 0 Å². The summed E-state index contributed by atoms with van der Waals surface area (Å²) in [6.45, 7) is 4.58. The molecule has 18 heavy (non-hydrogen) atoms. The van der Waals surface area contributed by atoms with Crippen LogP contribution in [0.1, 0.15) is 43.7 Å². The van der Waals surface area contributed by atoms with Crippen molar-refractivity contribution in [1.29, 1.82) is 0 Å². The Kier molecular flexibility index (Phi) is 3.17. The third-order valence-electron chi connectivity index (χ3n) is 4.45. The van der Waals surface area contributed by atoms with Crippen molar-refractivity contribution in [2.45, 2.75) is 56.9 Å². The zero-order valence-corrected chi connectivity index (χ0v) is 12.8. The van der Waals surface area contributed by atoms with Crippen LogP contribution in [0.4, 0.5) is 0 Å². The van der Waals surface area contributed by atoms with Gasteiger partial charge in [0.2, 0.25) is 0 Å². The molecule has 1 heterocycles. The standard InChI is InChI=1S/C16H21BrO/c1-11-3-4-15-12(7-11)8-14(18-15)10-16(2)6-5-13(17)9-16/h3-4,7,13-14H,5-6,8-10H2,1-2H3. The Balaban J connectivity index is 1.68. The molecular weight excluding hydrogens is 288 g/mol. The molecule has 1 fully saturated rings. The Morgan fingerprint density at radius 1 is 1.44 bits per heavy atom. The van der Waals surface area contributed by atoms with Gasteiger partial charge in [-0.3, -0.25) is 0 Å². The number of benzene rings is 1. The molecule has 1 aromatic rings. The molecule has 0 aromatic heterocycles. The van der Waals surface area contributed by atoms with E-state index in [1.807, 2.05) is 0 Å². The van der Waals surface area contributed by atoms with Crippen LogP contribution >= 0.6 is 15.9 Å². The van der Waals surface area contributed by atoms with Gasteiger partial charge in [-0.05, 0) is 49.7 Å². The number of alkyl halides is 1. The summed E-state index contributed by atoms with van der Waals surface area (Å²) in [6.07, 6.45) is 6.63. The average Bonchev–Trinajstić information content (AvgIpc) is 2.81. The molecule has 0 N–H and O–H groups in total. The molecule has 2 aliphatic rings. The Bertz CT molecular complexity index is 456. The molecule has 3 rings (SSSR count). The van der Waals surface area contributed by atoms with Gasteiger partial charge in [-0.2, -0.15) is 0 Å². The largest absolute Gasteiger partial charge is 0.490 e. The normalized spacial score (nSPS) is 34.4. The van der Waals surface area contributed by atoms with Gasteiger partial charge in [-0.25, -0.2) is 0 Å². The summed E-state index contributed by atoms with van der Waals surface area (Å²) in [5, 5.41) is 0. The zero-order valence-electron chi connectivity index (χ0n) is 11.2. The quantitative estimate of drug-likeness (QED) is 0.723. The molecule has 1 aliphatic carbocycles. The minimum atomic E-state index is 0.393. The molecule has 0 saturated heterocycles. The first-order valence-corrected chi connectivity index (χ1v) is 7.86. The molecule has 2 heteroatoms. The average molecular weight is 309 g/mol. The van der Waals surface area contributed by atoms with Crippen LogP contribution in [0.3, 0.4) is 0 Å². The second-order valence-corrected chi connectivity index (χ2v) is 7.70. The molecule has 1 aromatic carbocycles. The van der Waals surface area contributed by atoms with E-state index < -0.39 is 0 Å². The highest BCUT2D eigenvalue weighted by molar-refractivity contribution is 9.09. The lowest BCUT2D eigenvalue weighted by atomic mass is 9.82. The van der Waals surface area contributed by atoms with Gasteiger partial charge in [0.05, 0.1) is 0 Å². The van der Waals surface area contributed by atoms with E-state index >= 15 is 0 Å². The van der Waals surface area contributed by atoms with Crippen molar-refractivity contribution in [1.82, 2.24) is 0 Å². The Hall–Kier alpha value is -0.500. The molecular formula is C16H21BrO. The molecule has 98 valence electrons. The molecule has 3 unspecified atom stereocenters. The van der Waals surface area contributed by atoms with Gasteiger partial charge in [0, 0.05) is 11.2 Å². The second kappa shape index (κ2) is 4.56. The first-order valence-electron chi connectivity index (χ1n) is 6.94. The Labute approximate surface area is 118 Å². The van der Waals surface area contributed by atoms with Gasteiger partial charge in [0.1, 0.15) is 11.9 Å². The maximum absolute atomic E-state index is 6.11. The fourth-order valence-electron chi connectivity index (χ4n) is 3.54. The smallest absolute Gasteiger partial charge is 0.123 e. The lowest BCUT2D eigenvalue weighted by Crippen LogP contribution is -2.24. The molecule has 1 nitrogen and oxygen atoms in total. The van der Waals surface area contributed by atoms with Gasteiger partial charge in [0.15, 0.2) is 0 Å². The first-order chi connectivity index (χ1) is 8.54. The van der Waals surface area contributed by atoms with Gasteiger partial charge in [0.25, 0.3) is 0 Å². The van der Waals surface area contributed by atoms with Gasteiger partial charge < -0.3 is 4.74 Å². The predicted octanol–water partition coefficient (Wildman–Crippen LogP) is 4.64. The van der Waals surface area contributed by atoms with Crippen LogP contribution in [0.15, 0.2) is 18.2 Å². The maximum atomic E-state index is 6.11. The summed E-state index contributed by atoms with van der Waals surface area (Å²) in [5.41, 5.74) is 3.21. The van der Waals surface area contributed by atoms with Crippen LogP contribution in [0.25, 0.3) is 0 Å². The van der Waals surface area contributed by atoms with Gasteiger partial charge >= 0.3 is 0 Å². The van der Waals surface area contributed by atoms with Crippen molar-refractivity contribution in [3.05, 3.63) is 29.3 Å². The van der Waals surface area contributed by atoms with Crippen molar-refractivity contribution in [3.8, 4) is 5.75 Å². The fourth-order valence-corrected chi connectivity index (χ4v) is 4.55. The van der Waals surface area contributed by atoms with E-state index in [0.29, 0.717) is 16.3 Å². The lowest BCUT2D eigenvalue weighted by molar-refractivity contribution is 0.149. The maximum Gasteiger partial charge on any atom is 0.123 e. The number of hydrogen-bond acceptors (Lipinski definition) is 1. The van der Waals surface area contributed by atoms with E-state index in [0.717, 1.165) is 12.2 Å². The van der Waals surface area contributed by atoms with Crippen molar-refractivity contribution in [3.63, 3.8) is 0 Å². The summed E-state index contributed by atoms with van der Waals surface area (Å²) < 4.78 is 6.11. The van der Waals surface area contributed by atoms with E-state index in [-0.39, 0.29) is 0 Å². The summed E-state index contributed by atoms with van der Waals surface area (Å²) in [4.78, 5) is 0.716. The summed E-state index contributed by atoms with van der Waals surface area (Å²) in [6, 6.07) is 6.56. The van der Waals surface area contributed by atoms with Crippen LogP contribution in [-0.4, -0.2) is 10.9 Å². The molecule has 1 aliphatic heterocycles. The zero-order chi connectivity index (χ0) is 12.8. The number of fused-ring (bicyclic) bond motifs is 1. The van der Waals surface area contributed by atoms with Crippen molar-refractivity contribution >= 4 is 15.9 Å². The number of halogens is 1.